The topological polar surface area (TPSA) is 95.5 Å². The third-order valence-corrected chi connectivity index (χ3v) is 6.66. The number of carboxylic acid groups (broad SMARTS) is 1. The number of aliphatic carboxylic acids is 1. The van der Waals surface area contributed by atoms with E-state index in [2.05, 4.69) is 10.6 Å². The molecule has 34 heavy (non-hydrogen) atoms. The number of carboxylic acids is 1. The quantitative estimate of drug-likeness (QED) is 0.425. The van der Waals surface area contributed by atoms with Crippen LogP contribution in [0, 0.1) is 5.92 Å². The van der Waals surface area contributed by atoms with Crippen LogP contribution in [-0.2, 0) is 4.79 Å². The number of hydrogen-bond acceptors (Lipinski definition) is 3. The molecule has 3 aromatic carbocycles. The van der Waals surface area contributed by atoms with E-state index < -0.39 is 5.97 Å². The van der Waals surface area contributed by atoms with E-state index in [1.165, 1.54) is 5.56 Å². The summed E-state index contributed by atoms with van der Waals surface area (Å²) in [5.41, 5.74) is 2.38. The number of amides is 2. The van der Waals surface area contributed by atoms with Crippen LogP contribution in [0.25, 0.3) is 10.8 Å². The number of rotatable bonds is 8. The summed E-state index contributed by atoms with van der Waals surface area (Å²) in [5.74, 6) is -0.348. The molecule has 1 fully saturated rings. The maximum Gasteiger partial charge on any atom is 0.303 e. The van der Waals surface area contributed by atoms with Crippen molar-refractivity contribution in [2.24, 2.45) is 5.92 Å². The summed E-state index contributed by atoms with van der Waals surface area (Å²) >= 11 is 0. The Morgan fingerprint density at radius 1 is 0.735 bits per heavy atom. The fourth-order valence-electron chi connectivity index (χ4n) is 4.74. The Labute approximate surface area is 199 Å². The van der Waals surface area contributed by atoms with Crippen LogP contribution >= 0.6 is 0 Å². The Hall–Kier alpha value is -3.67. The standard InChI is InChI=1S/C28H30N2O4/c31-26(32)17-19-5-7-21(8-6-19)22-9-12-23(13-10-22)27(33)29-15-16-30-28(34)25-14-11-20-3-1-2-4-24(20)18-25/h1-4,9-14,18-19,21H,5-8,15-17H2,(H,29,33)(H,30,34)(H,31,32)/t19-,21-. The van der Waals surface area contributed by atoms with Gasteiger partial charge in [0.1, 0.15) is 0 Å². The van der Waals surface area contributed by atoms with Gasteiger partial charge in [-0.15, -0.1) is 0 Å². The van der Waals surface area contributed by atoms with Crippen LogP contribution in [0.3, 0.4) is 0 Å². The average Bonchev–Trinajstić information content (AvgIpc) is 2.86. The lowest BCUT2D eigenvalue weighted by molar-refractivity contribution is -0.138. The number of fused-ring (bicyclic) bond motifs is 1. The number of carbonyl (C=O) groups is 3. The lowest BCUT2D eigenvalue weighted by Gasteiger charge is -2.28. The van der Waals surface area contributed by atoms with E-state index in [4.69, 9.17) is 5.11 Å². The van der Waals surface area contributed by atoms with Crippen molar-refractivity contribution in [3.8, 4) is 0 Å². The number of carbonyl (C=O) groups excluding carboxylic acids is 2. The van der Waals surface area contributed by atoms with E-state index in [0.717, 1.165) is 36.5 Å². The third kappa shape index (κ3) is 6.01. The van der Waals surface area contributed by atoms with E-state index in [1.54, 1.807) is 6.07 Å². The molecule has 1 aliphatic rings. The first-order chi connectivity index (χ1) is 16.5. The molecule has 0 heterocycles. The predicted molar refractivity (Wildman–Crippen MR) is 132 cm³/mol. The monoisotopic (exact) mass is 458 g/mol. The zero-order valence-electron chi connectivity index (χ0n) is 19.1. The SMILES string of the molecule is O=C(O)C[C@H]1CC[C@H](c2ccc(C(=O)NCCNC(=O)c3ccc4ccccc4c3)cc2)CC1. The zero-order chi connectivity index (χ0) is 23.9. The van der Waals surface area contributed by atoms with Crippen molar-refractivity contribution in [1.82, 2.24) is 10.6 Å². The molecule has 1 aliphatic carbocycles. The highest BCUT2D eigenvalue weighted by atomic mass is 16.4. The minimum atomic E-state index is -0.716. The van der Waals surface area contributed by atoms with Crippen molar-refractivity contribution in [3.63, 3.8) is 0 Å². The van der Waals surface area contributed by atoms with Gasteiger partial charge in [-0.3, -0.25) is 14.4 Å². The summed E-state index contributed by atoms with van der Waals surface area (Å²) in [7, 11) is 0. The minimum Gasteiger partial charge on any atom is -0.481 e. The van der Waals surface area contributed by atoms with Gasteiger partial charge in [0.05, 0.1) is 0 Å². The molecule has 3 aromatic rings. The van der Waals surface area contributed by atoms with E-state index >= 15 is 0 Å². The molecule has 6 heteroatoms. The van der Waals surface area contributed by atoms with Gasteiger partial charge >= 0.3 is 5.97 Å². The van der Waals surface area contributed by atoms with Gasteiger partial charge in [-0.1, -0.05) is 42.5 Å². The fourth-order valence-corrected chi connectivity index (χ4v) is 4.74. The molecular weight excluding hydrogens is 428 g/mol. The van der Waals surface area contributed by atoms with Gasteiger partial charge in [-0.05, 0) is 78.1 Å². The Balaban J connectivity index is 1.21. The molecule has 0 atom stereocenters. The molecule has 6 nitrogen and oxygen atoms in total. The molecule has 2 amide bonds. The van der Waals surface area contributed by atoms with Gasteiger partial charge in [-0.25, -0.2) is 0 Å². The molecule has 0 aliphatic heterocycles. The van der Waals surface area contributed by atoms with Gasteiger partial charge in [-0.2, -0.15) is 0 Å². The molecule has 1 saturated carbocycles. The van der Waals surface area contributed by atoms with E-state index in [9.17, 15) is 14.4 Å². The summed E-state index contributed by atoms with van der Waals surface area (Å²) in [6.45, 7) is 0.683. The second kappa shape index (κ2) is 11.0. The number of hydrogen-bond donors (Lipinski definition) is 3. The van der Waals surface area contributed by atoms with Gasteiger partial charge in [0.15, 0.2) is 0 Å². The summed E-state index contributed by atoms with van der Waals surface area (Å²) < 4.78 is 0. The van der Waals surface area contributed by atoms with Crippen LogP contribution in [0.4, 0.5) is 0 Å². The number of nitrogens with one attached hydrogen (secondary N) is 2. The molecule has 0 radical (unpaired) electrons. The van der Waals surface area contributed by atoms with Gasteiger partial charge in [0, 0.05) is 30.6 Å². The van der Waals surface area contributed by atoms with Crippen LogP contribution in [-0.4, -0.2) is 36.0 Å². The maximum atomic E-state index is 12.5. The highest BCUT2D eigenvalue weighted by molar-refractivity contribution is 5.98. The van der Waals surface area contributed by atoms with Crippen molar-refractivity contribution in [3.05, 3.63) is 83.4 Å². The van der Waals surface area contributed by atoms with Crippen molar-refractivity contribution < 1.29 is 19.5 Å². The zero-order valence-corrected chi connectivity index (χ0v) is 19.1. The molecule has 3 N–H and O–H groups in total. The Morgan fingerprint density at radius 2 is 1.32 bits per heavy atom. The summed E-state index contributed by atoms with van der Waals surface area (Å²) in [6, 6.07) is 21.2. The smallest absolute Gasteiger partial charge is 0.303 e. The summed E-state index contributed by atoms with van der Waals surface area (Å²) in [6.07, 6.45) is 4.10. The Bertz CT molecular complexity index is 1160. The van der Waals surface area contributed by atoms with Gasteiger partial charge in [0.25, 0.3) is 11.8 Å². The molecule has 0 unspecified atom stereocenters. The first kappa shape index (κ1) is 23.5. The molecule has 0 saturated heterocycles. The van der Waals surface area contributed by atoms with Crippen LogP contribution < -0.4 is 10.6 Å². The largest absolute Gasteiger partial charge is 0.481 e. The normalized spacial score (nSPS) is 17.8. The second-order valence-electron chi connectivity index (χ2n) is 9.01. The Morgan fingerprint density at radius 3 is 1.97 bits per heavy atom. The first-order valence-corrected chi connectivity index (χ1v) is 11.9. The predicted octanol–water partition coefficient (Wildman–Crippen LogP) is 4.75. The summed E-state index contributed by atoms with van der Waals surface area (Å²) in [4.78, 5) is 35.8. The van der Waals surface area contributed by atoms with Crippen molar-refractivity contribution >= 4 is 28.6 Å². The average molecular weight is 459 g/mol. The second-order valence-corrected chi connectivity index (χ2v) is 9.01. The van der Waals surface area contributed by atoms with Crippen LogP contribution in [0.1, 0.15) is 64.3 Å². The van der Waals surface area contributed by atoms with Gasteiger partial charge < -0.3 is 15.7 Å². The van der Waals surface area contributed by atoms with Crippen molar-refractivity contribution in [2.75, 3.05) is 13.1 Å². The lowest BCUT2D eigenvalue weighted by atomic mass is 9.77. The Kier molecular flexibility index (Phi) is 7.58. The maximum absolute atomic E-state index is 12.5. The lowest BCUT2D eigenvalue weighted by Crippen LogP contribution is -2.34. The van der Waals surface area contributed by atoms with Crippen molar-refractivity contribution in [1.29, 1.82) is 0 Å². The van der Waals surface area contributed by atoms with Crippen LogP contribution in [0.15, 0.2) is 66.7 Å². The number of benzene rings is 3. The van der Waals surface area contributed by atoms with E-state index in [0.29, 0.717) is 30.1 Å². The highest BCUT2D eigenvalue weighted by Gasteiger charge is 2.24. The minimum absolute atomic E-state index is 0.164. The van der Waals surface area contributed by atoms with Gasteiger partial charge in [0.2, 0.25) is 0 Å². The third-order valence-electron chi connectivity index (χ3n) is 6.66. The molecule has 0 spiro atoms. The first-order valence-electron chi connectivity index (χ1n) is 11.9. The molecule has 0 bridgehead atoms. The molecule has 176 valence electrons. The summed E-state index contributed by atoms with van der Waals surface area (Å²) in [5, 5.41) is 16.8. The van der Waals surface area contributed by atoms with E-state index in [-0.39, 0.29) is 24.2 Å². The molecule has 0 aromatic heterocycles. The van der Waals surface area contributed by atoms with E-state index in [1.807, 2.05) is 60.7 Å². The fraction of sp³-hybridized carbons (Fsp3) is 0.321. The molecular formula is C28H30N2O4. The van der Waals surface area contributed by atoms with Crippen LogP contribution in [0.5, 0.6) is 0 Å². The highest BCUT2D eigenvalue weighted by Crippen LogP contribution is 2.37. The van der Waals surface area contributed by atoms with Crippen LogP contribution in [0.2, 0.25) is 0 Å². The molecule has 4 rings (SSSR count). The van der Waals surface area contributed by atoms with Crippen molar-refractivity contribution in [2.45, 2.75) is 38.0 Å².